The minimum Gasteiger partial charge on any atom is -0.512 e. The number of aromatic nitrogens is 1. The zero-order chi connectivity index (χ0) is 36.3. The molecule has 1 N–H and O–H groups in total. The summed E-state index contributed by atoms with van der Waals surface area (Å²) < 4.78 is 6.32. The van der Waals surface area contributed by atoms with Gasteiger partial charge < -0.3 is 9.52 Å². The van der Waals surface area contributed by atoms with Crippen LogP contribution in [0.1, 0.15) is 92.2 Å². The largest absolute Gasteiger partial charge is 0.512 e. The zero-order valence-electron chi connectivity index (χ0n) is 32.4. The van der Waals surface area contributed by atoms with Crippen LogP contribution in [0.15, 0.2) is 70.3 Å². The number of furan rings is 1. The monoisotopic (exact) mass is 869 g/mol. The molecule has 5 aromatic rings. The predicted octanol–water partition coefficient (Wildman–Crippen LogP) is 12.3. The van der Waals surface area contributed by atoms with Gasteiger partial charge in [0.1, 0.15) is 11.3 Å². The van der Waals surface area contributed by atoms with Gasteiger partial charge in [0.15, 0.2) is 5.78 Å². The summed E-state index contributed by atoms with van der Waals surface area (Å²) in [4.78, 5) is 17.5. The molecule has 0 unspecified atom stereocenters. The molecule has 271 valence electrons. The number of aryl methyl sites for hydroxylation is 1. The van der Waals surface area contributed by atoms with Gasteiger partial charge in [0.2, 0.25) is 0 Å². The minimum absolute atomic E-state index is 0. The van der Waals surface area contributed by atoms with E-state index in [1.165, 1.54) is 16.1 Å². The van der Waals surface area contributed by atoms with Crippen LogP contribution in [-0.2, 0) is 31.3 Å². The molecule has 0 aliphatic carbocycles. The fraction of sp³-hybridized carbons (Fsp3) is 0.455. The third-order valence-electron chi connectivity index (χ3n) is 10.4. The summed E-state index contributed by atoms with van der Waals surface area (Å²) in [5.41, 5.74) is 7.43. The second kappa shape index (κ2) is 17.0. The van der Waals surface area contributed by atoms with Crippen molar-refractivity contribution in [2.45, 2.75) is 114 Å². The topological polar surface area (TPSA) is 63.3 Å². The summed E-state index contributed by atoms with van der Waals surface area (Å²) in [6, 6.07) is 23.1. The molecule has 0 spiro atoms. The quantitative estimate of drug-likeness (QED) is 0.0622. The molecule has 0 amide bonds. The third-order valence-corrected chi connectivity index (χ3v) is 12.4. The van der Waals surface area contributed by atoms with Crippen molar-refractivity contribution in [1.29, 1.82) is 0 Å². The first-order valence-corrected chi connectivity index (χ1v) is 21.8. The van der Waals surface area contributed by atoms with E-state index in [0.29, 0.717) is 17.3 Å². The maximum atomic E-state index is 12.4. The fourth-order valence-electron chi connectivity index (χ4n) is 6.70. The minimum atomic E-state index is -1.40. The van der Waals surface area contributed by atoms with Crippen LogP contribution in [-0.4, -0.2) is 23.9 Å². The Bertz CT molecular complexity index is 1970. The molecule has 5 rings (SSSR count). The number of hydrogen-bond donors (Lipinski definition) is 1. The first-order valence-electron chi connectivity index (χ1n) is 18.3. The van der Waals surface area contributed by atoms with Crippen molar-refractivity contribution >= 4 is 51.9 Å². The van der Waals surface area contributed by atoms with E-state index in [2.05, 4.69) is 88.9 Å². The summed E-state index contributed by atoms with van der Waals surface area (Å²) in [6.07, 6.45) is 4.41. The number of aliphatic hydroxyl groups is 1. The summed E-state index contributed by atoms with van der Waals surface area (Å²) in [7, 11) is -1.40. The maximum Gasteiger partial charge on any atom is 0.167 e. The molecule has 2 aromatic heterocycles. The summed E-state index contributed by atoms with van der Waals surface area (Å²) in [6.45, 7) is 25.8. The van der Waals surface area contributed by atoms with Gasteiger partial charge in [-0.15, -0.1) is 17.7 Å². The number of aliphatic hydroxyl groups excluding tert-OH is 1. The van der Waals surface area contributed by atoms with Crippen molar-refractivity contribution in [1.82, 2.24) is 4.98 Å². The van der Waals surface area contributed by atoms with Crippen LogP contribution in [0.3, 0.4) is 0 Å². The molecule has 0 bridgehead atoms. The Kier molecular flexibility index (Phi) is 14.0. The molecule has 0 atom stereocenters. The van der Waals surface area contributed by atoms with E-state index in [1.807, 2.05) is 46.8 Å². The summed E-state index contributed by atoms with van der Waals surface area (Å²) in [5, 5.41) is 15.2. The number of rotatable bonds is 11. The van der Waals surface area contributed by atoms with E-state index in [4.69, 9.17) is 9.40 Å². The van der Waals surface area contributed by atoms with Crippen molar-refractivity contribution in [2.75, 3.05) is 0 Å². The Morgan fingerprint density at radius 1 is 0.940 bits per heavy atom. The Morgan fingerprint density at radius 3 is 2.16 bits per heavy atom. The van der Waals surface area contributed by atoms with Gasteiger partial charge in [-0.2, -0.15) is 0 Å². The van der Waals surface area contributed by atoms with Crippen molar-refractivity contribution in [3.05, 3.63) is 83.1 Å². The van der Waals surface area contributed by atoms with E-state index in [1.54, 1.807) is 6.92 Å². The molecule has 0 aliphatic rings. The predicted molar refractivity (Wildman–Crippen MR) is 213 cm³/mol. The van der Waals surface area contributed by atoms with Gasteiger partial charge in [0.05, 0.1) is 19.2 Å². The summed E-state index contributed by atoms with van der Waals surface area (Å²) in [5.74, 6) is 1.09. The number of pyridine rings is 1. The Balaban J connectivity index is 0.000000323. The van der Waals surface area contributed by atoms with Crippen LogP contribution in [0, 0.1) is 30.2 Å². The van der Waals surface area contributed by atoms with Gasteiger partial charge in [0.25, 0.3) is 0 Å². The second-order valence-electron chi connectivity index (χ2n) is 15.5. The van der Waals surface area contributed by atoms with Crippen LogP contribution in [0.4, 0.5) is 0 Å². The van der Waals surface area contributed by atoms with Crippen LogP contribution >= 0.6 is 0 Å². The average Bonchev–Trinajstić information content (AvgIpc) is 3.45. The molecule has 0 saturated heterocycles. The maximum absolute atomic E-state index is 12.4. The van der Waals surface area contributed by atoms with Crippen molar-refractivity contribution < 1.29 is 34.4 Å². The SMILES string of the molecule is CCC(CC)/C(O)=C(\C)C(=O)C(C)(CC)CC.Cc1[c-]c(-c2cc(CC(C)C)c3cc([Si](C)(C)C)ccc3n2)c2oc3ccccc3c2c1.[Ir]. The number of allylic oxidation sites excluding steroid dienone is 2. The van der Waals surface area contributed by atoms with E-state index in [9.17, 15) is 9.90 Å². The van der Waals surface area contributed by atoms with Gasteiger partial charge in [-0.3, -0.25) is 9.78 Å². The number of carbonyl (C=O) groups is 1. The molecular weight excluding hydrogens is 811 g/mol. The Morgan fingerprint density at radius 2 is 1.58 bits per heavy atom. The number of benzene rings is 3. The number of fused-ring (bicyclic) bond motifs is 4. The van der Waals surface area contributed by atoms with Gasteiger partial charge in [0, 0.05) is 47.8 Å². The van der Waals surface area contributed by atoms with Gasteiger partial charge in [-0.1, -0.05) is 128 Å². The number of hydrogen-bond acceptors (Lipinski definition) is 4. The Labute approximate surface area is 315 Å². The van der Waals surface area contributed by atoms with Crippen LogP contribution in [0.5, 0.6) is 0 Å². The van der Waals surface area contributed by atoms with Crippen LogP contribution in [0.25, 0.3) is 44.1 Å². The first kappa shape index (κ1) is 41.4. The number of carbonyl (C=O) groups excluding carboxylic acids is 1. The zero-order valence-corrected chi connectivity index (χ0v) is 35.8. The van der Waals surface area contributed by atoms with Gasteiger partial charge >= 0.3 is 0 Å². The van der Waals surface area contributed by atoms with E-state index < -0.39 is 8.07 Å². The molecule has 1 radical (unpaired) electrons. The molecule has 0 fully saturated rings. The average molecular weight is 869 g/mol. The van der Waals surface area contributed by atoms with Crippen LogP contribution in [0.2, 0.25) is 19.6 Å². The smallest absolute Gasteiger partial charge is 0.167 e. The molecule has 3 aromatic carbocycles. The van der Waals surface area contributed by atoms with Crippen molar-refractivity contribution in [3.63, 3.8) is 0 Å². The van der Waals surface area contributed by atoms with E-state index in [-0.39, 0.29) is 37.2 Å². The summed E-state index contributed by atoms with van der Waals surface area (Å²) >= 11 is 0. The van der Waals surface area contributed by atoms with E-state index >= 15 is 0 Å². The third kappa shape index (κ3) is 8.87. The molecule has 2 heterocycles. The van der Waals surface area contributed by atoms with Crippen LogP contribution < -0.4 is 5.19 Å². The van der Waals surface area contributed by atoms with Gasteiger partial charge in [-0.05, 0) is 68.3 Å². The Hall–Kier alpha value is -3.05. The van der Waals surface area contributed by atoms with E-state index in [0.717, 1.165) is 76.4 Å². The molecule has 6 heteroatoms. The van der Waals surface area contributed by atoms with Crippen molar-refractivity contribution in [2.24, 2.45) is 17.3 Å². The standard InChI is InChI=1S/C29H30NOSi.C15H28O2.Ir/c1-18(2)13-20-16-27(30-26-12-11-21(17-23(20)26)32(4,5)6)25-15-19(3)14-24-22-9-7-8-10-28(22)31-29(24)25;1-7-12(8-2)13(16)11(5)14(17)15(6,9-3)10-4;/h7-12,14,16-18H,13H2,1-6H3;12,16H,7-10H2,1-6H3;/q-1;;/b;13-11-;. The molecule has 0 aliphatic heterocycles. The molecule has 0 saturated carbocycles. The fourth-order valence-corrected chi connectivity index (χ4v) is 7.86. The number of Topliss-reactive ketones (excluding diaryl/α,β-unsaturated/α-hetero) is 1. The van der Waals surface area contributed by atoms with Crippen molar-refractivity contribution in [3.8, 4) is 11.3 Å². The molecule has 50 heavy (non-hydrogen) atoms. The first-order chi connectivity index (χ1) is 23.1. The number of nitrogens with zero attached hydrogens (tertiary/aromatic N) is 1. The van der Waals surface area contributed by atoms with Gasteiger partial charge in [-0.25, -0.2) is 0 Å². The normalized spacial score (nSPS) is 12.7. The second-order valence-corrected chi connectivity index (χ2v) is 20.6. The number of ketones is 1. The molecule has 4 nitrogen and oxygen atoms in total. The number of para-hydroxylation sites is 1. The molecular formula is C44H58IrNO3Si-.